The van der Waals surface area contributed by atoms with E-state index in [9.17, 15) is 4.79 Å². The van der Waals surface area contributed by atoms with Gasteiger partial charge in [-0.3, -0.25) is 4.79 Å². The summed E-state index contributed by atoms with van der Waals surface area (Å²) < 4.78 is 1.98. The van der Waals surface area contributed by atoms with Gasteiger partial charge in [-0.2, -0.15) is 0 Å². The van der Waals surface area contributed by atoms with Crippen LogP contribution in [-0.2, 0) is 0 Å². The van der Waals surface area contributed by atoms with E-state index in [2.05, 4.69) is 39.1 Å². The molecule has 0 atom stereocenters. The van der Waals surface area contributed by atoms with Crippen LogP contribution >= 0.6 is 0 Å². The van der Waals surface area contributed by atoms with Gasteiger partial charge in [0.05, 0.1) is 11.7 Å². The quantitative estimate of drug-likeness (QED) is 0.604. The van der Waals surface area contributed by atoms with Crippen LogP contribution in [0, 0.1) is 0 Å². The molecule has 134 valence electrons. The van der Waals surface area contributed by atoms with Crippen LogP contribution in [0.4, 0.5) is 5.69 Å². The molecule has 0 bridgehead atoms. The number of aromatic nitrogens is 3. The number of H-pyrrole nitrogens is 1. The minimum absolute atomic E-state index is 0.117. The van der Waals surface area contributed by atoms with E-state index >= 15 is 0 Å². The molecule has 0 spiro atoms. The average Bonchev–Trinajstić information content (AvgIpc) is 3.38. The highest BCUT2D eigenvalue weighted by Gasteiger charge is 2.17. The molecule has 27 heavy (non-hydrogen) atoms. The molecule has 3 heterocycles. The number of rotatable bonds is 3. The molecular weight excluding hydrogens is 336 g/mol. The molecule has 1 fully saturated rings. The van der Waals surface area contributed by atoms with Gasteiger partial charge in [-0.25, -0.2) is 4.98 Å². The summed E-state index contributed by atoms with van der Waals surface area (Å²) in [6.45, 7) is 2.24. The zero-order valence-corrected chi connectivity index (χ0v) is 14.9. The van der Waals surface area contributed by atoms with Gasteiger partial charge >= 0.3 is 0 Å². The summed E-state index contributed by atoms with van der Waals surface area (Å²) in [4.78, 5) is 22.1. The second kappa shape index (κ2) is 6.43. The monoisotopic (exact) mass is 356 g/mol. The van der Waals surface area contributed by atoms with Gasteiger partial charge < -0.3 is 14.5 Å². The minimum Gasteiger partial charge on any atom is -0.372 e. The third-order valence-electron chi connectivity index (χ3n) is 5.27. The molecule has 5 nitrogen and oxygen atoms in total. The molecule has 5 heteroatoms. The number of para-hydroxylation sites is 1. The fraction of sp³-hybridized carbons (Fsp3) is 0.182. The van der Waals surface area contributed by atoms with Crippen molar-refractivity contribution in [3.05, 3.63) is 77.5 Å². The maximum Gasteiger partial charge on any atom is 0.260 e. The van der Waals surface area contributed by atoms with Gasteiger partial charge in [-0.15, -0.1) is 0 Å². The summed E-state index contributed by atoms with van der Waals surface area (Å²) in [7, 11) is 0. The summed E-state index contributed by atoms with van der Waals surface area (Å²) in [6, 6.07) is 18.5. The van der Waals surface area contributed by atoms with Gasteiger partial charge in [0.15, 0.2) is 5.65 Å². The first kappa shape index (κ1) is 15.9. The van der Waals surface area contributed by atoms with Crippen molar-refractivity contribution in [1.82, 2.24) is 14.5 Å². The molecule has 0 aliphatic carbocycles. The van der Waals surface area contributed by atoms with Crippen LogP contribution in [0.25, 0.3) is 27.8 Å². The lowest BCUT2D eigenvalue weighted by Crippen LogP contribution is -2.17. The number of aromatic amines is 1. The predicted octanol–water partition coefficient (Wildman–Crippen LogP) is 3.98. The normalized spacial score (nSPS) is 14.1. The van der Waals surface area contributed by atoms with Gasteiger partial charge in [0.1, 0.15) is 0 Å². The number of nitrogens with zero attached hydrogens (tertiary/aromatic N) is 3. The van der Waals surface area contributed by atoms with Crippen LogP contribution in [0.3, 0.4) is 0 Å². The Morgan fingerprint density at radius 1 is 0.889 bits per heavy atom. The molecule has 0 amide bonds. The van der Waals surface area contributed by atoms with Crippen molar-refractivity contribution in [3.8, 4) is 16.8 Å². The van der Waals surface area contributed by atoms with E-state index in [1.807, 2.05) is 41.1 Å². The molecule has 0 radical (unpaired) electrons. The lowest BCUT2D eigenvalue weighted by molar-refractivity contribution is 0.949. The van der Waals surface area contributed by atoms with Crippen LogP contribution in [-0.4, -0.2) is 27.6 Å². The first-order valence-corrected chi connectivity index (χ1v) is 9.31. The topological polar surface area (TPSA) is 53.9 Å². The van der Waals surface area contributed by atoms with Crippen LogP contribution in [0.1, 0.15) is 12.8 Å². The summed E-state index contributed by atoms with van der Waals surface area (Å²) in [5.41, 5.74) is 4.71. The van der Waals surface area contributed by atoms with Crippen molar-refractivity contribution in [2.45, 2.75) is 12.8 Å². The van der Waals surface area contributed by atoms with Crippen LogP contribution < -0.4 is 10.5 Å². The SMILES string of the molecule is O=c1[nH]cnc2c1c(-c1ccc(N3CCCC3)cc1)cn2-c1ccccc1. The maximum absolute atomic E-state index is 12.6. The van der Waals surface area contributed by atoms with E-state index in [0.717, 1.165) is 29.9 Å². The lowest BCUT2D eigenvalue weighted by Gasteiger charge is -2.17. The molecule has 2 aromatic carbocycles. The zero-order chi connectivity index (χ0) is 18.2. The minimum atomic E-state index is -0.117. The first-order chi connectivity index (χ1) is 13.3. The van der Waals surface area contributed by atoms with E-state index in [-0.39, 0.29) is 5.56 Å². The third-order valence-corrected chi connectivity index (χ3v) is 5.27. The summed E-state index contributed by atoms with van der Waals surface area (Å²) in [6.07, 6.45) is 5.98. The molecule has 1 aliphatic rings. The van der Waals surface area contributed by atoms with Crippen molar-refractivity contribution >= 4 is 16.7 Å². The van der Waals surface area contributed by atoms with E-state index < -0.39 is 0 Å². The predicted molar refractivity (Wildman–Crippen MR) is 109 cm³/mol. The molecule has 5 rings (SSSR count). The summed E-state index contributed by atoms with van der Waals surface area (Å²) in [5, 5.41) is 0.621. The second-order valence-corrected chi connectivity index (χ2v) is 6.92. The molecule has 1 N–H and O–H groups in total. The molecule has 0 saturated carbocycles. The molecule has 4 aromatic rings. The molecule has 2 aromatic heterocycles. The third kappa shape index (κ3) is 2.72. The number of fused-ring (bicyclic) bond motifs is 1. The van der Waals surface area contributed by atoms with E-state index in [1.54, 1.807) is 0 Å². The zero-order valence-electron chi connectivity index (χ0n) is 14.9. The largest absolute Gasteiger partial charge is 0.372 e. The van der Waals surface area contributed by atoms with E-state index in [1.165, 1.54) is 24.9 Å². The Morgan fingerprint density at radius 3 is 2.37 bits per heavy atom. The van der Waals surface area contributed by atoms with Crippen LogP contribution in [0.15, 0.2) is 71.9 Å². The van der Waals surface area contributed by atoms with Gasteiger partial charge in [0, 0.05) is 36.2 Å². The van der Waals surface area contributed by atoms with Gasteiger partial charge in [0.25, 0.3) is 5.56 Å². The number of hydrogen-bond donors (Lipinski definition) is 1. The fourth-order valence-electron chi connectivity index (χ4n) is 3.90. The Labute approximate surface area is 156 Å². The molecule has 1 saturated heterocycles. The van der Waals surface area contributed by atoms with Crippen molar-refractivity contribution < 1.29 is 0 Å². The number of benzene rings is 2. The van der Waals surface area contributed by atoms with Gasteiger partial charge in [-0.05, 0) is 42.7 Å². The lowest BCUT2D eigenvalue weighted by atomic mass is 10.1. The molecule has 1 aliphatic heterocycles. The highest BCUT2D eigenvalue weighted by atomic mass is 16.1. The van der Waals surface area contributed by atoms with Crippen molar-refractivity contribution in [2.24, 2.45) is 0 Å². The standard InChI is InChI=1S/C22H20N4O/c27-22-20-19(16-8-10-17(11-9-16)25-12-4-5-13-25)14-26(21(20)23-15-24-22)18-6-2-1-3-7-18/h1-3,6-11,14-15H,4-5,12-13H2,(H,23,24,27). The Kier molecular flexibility index (Phi) is 3.78. The maximum atomic E-state index is 12.6. The Bertz CT molecular complexity index is 1140. The highest BCUT2D eigenvalue weighted by Crippen LogP contribution is 2.31. The fourth-order valence-corrected chi connectivity index (χ4v) is 3.90. The number of hydrogen-bond acceptors (Lipinski definition) is 3. The first-order valence-electron chi connectivity index (χ1n) is 9.31. The van der Waals surface area contributed by atoms with Crippen LogP contribution in [0.5, 0.6) is 0 Å². The average molecular weight is 356 g/mol. The second-order valence-electron chi connectivity index (χ2n) is 6.92. The number of nitrogens with one attached hydrogen (secondary N) is 1. The molecule has 0 unspecified atom stereocenters. The van der Waals surface area contributed by atoms with Crippen molar-refractivity contribution in [3.63, 3.8) is 0 Å². The van der Waals surface area contributed by atoms with Crippen LogP contribution in [0.2, 0.25) is 0 Å². The smallest absolute Gasteiger partial charge is 0.260 e. The van der Waals surface area contributed by atoms with E-state index in [4.69, 9.17) is 0 Å². The highest BCUT2D eigenvalue weighted by molar-refractivity contribution is 5.94. The van der Waals surface area contributed by atoms with Crippen molar-refractivity contribution in [2.75, 3.05) is 18.0 Å². The van der Waals surface area contributed by atoms with Gasteiger partial charge in [-0.1, -0.05) is 30.3 Å². The Hall–Kier alpha value is -3.34. The summed E-state index contributed by atoms with van der Waals surface area (Å²) in [5.74, 6) is 0. The Morgan fingerprint density at radius 2 is 1.63 bits per heavy atom. The summed E-state index contributed by atoms with van der Waals surface area (Å²) >= 11 is 0. The number of anilines is 1. The molecular formula is C22H20N4O. The Balaban J connectivity index is 1.66. The van der Waals surface area contributed by atoms with Crippen molar-refractivity contribution in [1.29, 1.82) is 0 Å². The van der Waals surface area contributed by atoms with Gasteiger partial charge in [0.2, 0.25) is 0 Å². The van der Waals surface area contributed by atoms with E-state index in [0.29, 0.717) is 11.0 Å².